The number of rotatable bonds is 2. The summed E-state index contributed by atoms with van der Waals surface area (Å²) in [6.07, 6.45) is 6.50. The fourth-order valence-corrected chi connectivity index (χ4v) is 3.12. The number of nitrogens with zero attached hydrogens (tertiary/aromatic N) is 2. The van der Waals surface area contributed by atoms with Crippen molar-refractivity contribution in [3.05, 3.63) is 46.0 Å². The number of amidine groups is 1. The first-order valence-corrected chi connectivity index (χ1v) is 7.15. The van der Waals surface area contributed by atoms with Gasteiger partial charge >= 0.3 is 0 Å². The standard InChI is InChI=1S/C14H15BrN4/c15-10-7-9(14(16)17)5-6-12(10)19-8-18-11-3-1-2-4-13(11)19/h5-8H,1-4H2,(H3,16,17). The molecule has 1 aromatic heterocycles. The third-order valence-corrected chi connectivity index (χ3v) is 4.18. The molecule has 0 radical (unpaired) electrons. The number of nitrogens with one attached hydrogen (secondary N) is 1. The quantitative estimate of drug-likeness (QED) is 0.660. The minimum Gasteiger partial charge on any atom is -0.384 e. The summed E-state index contributed by atoms with van der Waals surface area (Å²) < 4.78 is 3.08. The summed E-state index contributed by atoms with van der Waals surface area (Å²) >= 11 is 3.56. The highest BCUT2D eigenvalue weighted by Gasteiger charge is 2.17. The Hall–Kier alpha value is -1.62. The number of nitrogens with two attached hydrogens (primary N) is 1. The van der Waals surface area contributed by atoms with Crippen molar-refractivity contribution in [3.8, 4) is 5.69 Å². The molecule has 0 atom stereocenters. The van der Waals surface area contributed by atoms with Gasteiger partial charge < -0.3 is 10.3 Å². The molecule has 4 nitrogen and oxygen atoms in total. The summed E-state index contributed by atoms with van der Waals surface area (Å²) in [4.78, 5) is 4.51. The molecule has 0 bridgehead atoms. The van der Waals surface area contributed by atoms with Crippen molar-refractivity contribution < 1.29 is 0 Å². The summed E-state index contributed by atoms with van der Waals surface area (Å²) in [5.74, 6) is 0.0833. The van der Waals surface area contributed by atoms with Crippen LogP contribution in [0.1, 0.15) is 29.8 Å². The molecule has 1 aliphatic carbocycles. The van der Waals surface area contributed by atoms with Crippen LogP contribution in [-0.4, -0.2) is 15.4 Å². The molecule has 0 saturated heterocycles. The van der Waals surface area contributed by atoms with Gasteiger partial charge in [0, 0.05) is 15.7 Å². The number of benzene rings is 1. The van der Waals surface area contributed by atoms with Crippen LogP contribution in [-0.2, 0) is 12.8 Å². The summed E-state index contributed by atoms with van der Waals surface area (Å²) in [6.45, 7) is 0. The van der Waals surface area contributed by atoms with E-state index in [9.17, 15) is 0 Å². The zero-order valence-electron chi connectivity index (χ0n) is 10.5. The van der Waals surface area contributed by atoms with E-state index in [1.807, 2.05) is 24.5 Å². The van der Waals surface area contributed by atoms with E-state index >= 15 is 0 Å². The van der Waals surface area contributed by atoms with Crippen molar-refractivity contribution in [2.24, 2.45) is 5.73 Å². The lowest BCUT2D eigenvalue weighted by Gasteiger charge is -2.15. The van der Waals surface area contributed by atoms with E-state index in [1.54, 1.807) is 0 Å². The van der Waals surface area contributed by atoms with Crippen LogP contribution < -0.4 is 5.73 Å². The smallest absolute Gasteiger partial charge is 0.122 e. The molecule has 3 N–H and O–H groups in total. The Balaban J connectivity index is 2.07. The highest BCUT2D eigenvalue weighted by Crippen LogP contribution is 2.28. The number of hydrogen-bond donors (Lipinski definition) is 2. The summed E-state index contributed by atoms with van der Waals surface area (Å²) in [5, 5.41) is 7.47. The predicted octanol–water partition coefficient (Wildman–Crippen LogP) is 2.80. The third kappa shape index (κ3) is 2.18. The Morgan fingerprint density at radius 2 is 2.11 bits per heavy atom. The number of aryl methyl sites for hydroxylation is 1. The summed E-state index contributed by atoms with van der Waals surface area (Å²) in [5.41, 5.74) is 9.81. The maximum absolute atomic E-state index is 7.47. The largest absolute Gasteiger partial charge is 0.384 e. The molecular formula is C14H15BrN4. The molecule has 1 heterocycles. The molecule has 1 aromatic carbocycles. The second-order valence-electron chi connectivity index (χ2n) is 4.79. The van der Waals surface area contributed by atoms with Gasteiger partial charge in [-0.15, -0.1) is 0 Å². The van der Waals surface area contributed by atoms with Crippen molar-refractivity contribution in [1.82, 2.24) is 9.55 Å². The second-order valence-corrected chi connectivity index (χ2v) is 5.65. The Bertz CT molecular complexity index is 645. The molecule has 0 aliphatic heterocycles. The monoisotopic (exact) mass is 318 g/mol. The van der Waals surface area contributed by atoms with E-state index in [0.29, 0.717) is 0 Å². The van der Waals surface area contributed by atoms with E-state index in [1.165, 1.54) is 24.2 Å². The van der Waals surface area contributed by atoms with Crippen LogP contribution in [0.4, 0.5) is 0 Å². The lowest BCUT2D eigenvalue weighted by Crippen LogP contribution is -2.12. The van der Waals surface area contributed by atoms with Crippen molar-refractivity contribution in [2.45, 2.75) is 25.7 Å². The topological polar surface area (TPSA) is 67.7 Å². The van der Waals surface area contributed by atoms with Gasteiger partial charge in [0.15, 0.2) is 0 Å². The van der Waals surface area contributed by atoms with E-state index in [4.69, 9.17) is 11.1 Å². The first-order chi connectivity index (χ1) is 9.16. The number of hydrogen-bond acceptors (Lipinski definition) is 2. The van der Waals surface area contributed by atoms with Crippen LogP contribution in [0.15, 0.2) is 29.0 Å². The number of halogens is 1. The first-order valence-electron chi connectivity index (χ1n) is 6.36. The van der Waals surface area contributed by atoms with Crippen molar-refractivity contribution >= 4 is 21.8 Å². The second kappa shape index (κ2) is 4.81. The average Bonchev–Trinajstić information content (AvgIpc) is 2.82. The van der Waals surface area contributed by atoms with Gasteiger partial charge in [-0.25, -0.2) is 4.98 Å². The number of fused-ring (bicyclic) bond motifs is 1. The number of nitrogen functional groups attached to an aromatic ring is 1. The summed E-state index contributed by atoms with van der Waals surface area (Å²) in [6, 6.07) is 5.74. The van der Waals surface area contributed by atoms with E-state index in [0.717, 1.165) is 28.6 Å². The molecular weight excluding hydrogens is 304 g/mol. The molecule has 0 unspecified atom stereocenters. The molecule has 3 rings (SSSR count). The summed E-state index contributed by atoms with van der Waals surface area (Å²) in [7, 11) is 0. The first kappa shape index (κ1) is 12.4. The van der Waals surface area contributed by atoms with Gasteiger partial charge in [-0.2, -0.15) is 0 Å². The van der Waals surface area contributed by atoms with E-state index in [-0.39, 0.29) is 5.84 Å². The highest BCUT2D eigenvalue weighted by molar-refractivity contribution is 9.10. The third-order valence-electron chi connectivity index (χ3n) is 3.55. The lowest BCUT2D eigenvalue weighted by atomic mass is 10.0. The SMILES string of the molecule is N=C(N)c1ccc(-n2cnc3c2CCCC3)c(Br)c1. The fraction of sp³-hybridized carbons (Fsp3) is 0.286. The highest BCUT2D eigenvalue weighted by atomic mass is 79.9. The lowest BCUT2D eigenvalue weighted by molar-refractivity contribution is 0.656. The van der Waals surface area contributed by atoms with Crippen LogP contribution in [0, 0.1) is 5.41 Å². The van der Waals surface area contributed by atoms with Crippen molar-refractivity contribution in [2.75, 3.05) is 0 Å². The van der Waals surface area contributed by atoms with Gasteiger partial charge in [-0.3, -0.25) is 5.41 Å². The van der Waals surface area contributed by atoms with E-state index in [2.05, 4.69) is 25.5 Å². The minimum atomic E-state index is 0.0833. The number of imidazole rings is 1. The van der Waals surface area contributed by atoms with Gasteiger partial charge in [0.05, 0.1) is 17.7 Å². The van der Waals surface area contributed by atoms with Crippen molar-refractivity contribution in [3.63, 3.8) is 0 Å². The van der Waals surface area contributed by atoms with Crippen LogP contribution in [0.2, 0.25) is 0 Å². The van der Waals surface area contributed by atoms with Gasteiger partial charge in [0.2, 0.25) is 0 Å². The van der Waals surface area contributed by atoms with Crippen LogP contribution in [0.5, 0.6) is 0 Å². The van der Waals surface area contributed by atoms with Gasteiger partial charge in [0.1, 0.15) is 5.84 Å². The molecule has 98 valence electrons. The number of aromatic nitrogens is 2. The Labute approximate surface area is 120 Å². The fourth-order valence-electron chi connectivity index (χ4n) is 2.55. The zero-order valence-corrected chi connectivity index (χ0v) is 12.1. The molecule has 0 spiro atoms. The molecule has 5 heteroatoms. The Morgan fingerprint density at radius 3 is 2.84 bits per heavy atom. The van der Waals surface area contributed by atoms with Gasteiger partial charge in [0.25, 0.3) is 0 Å². The van der Waals surface area contributed by atoms with Crippen LogP contribution >= 0.6 is 15.9 Å². The van der Waals surface area contributed by atoms with Gasteiger partial charge in [-0.1, -0.05) is 0 Å². The minimum absolute atomic E-state index is 0.0833. The maximum atomic E-state index is 7.47. The molecule has 19 heavy (non-hydrogen) atoms. The van der Waals surface area contributed by atoms with E-state index < -0.39 is 0 Å². The Morgan fingerprint density at radius 1 is 1.32 bits per heavy atom. The molecule has 0 amide bonds. The van der Waals surface area contributed by atoms with Crippen LogP contribution in [0.3, 0.4) is 0 Å². The molecule has 0 saturated carbocycles. The molecule has 1 aliphatic rings. The normalized spacial score (nSPS) is 14.2. The van der Waals surface area contributed by atoms with Crippen molar-refractivity contribution in [1.29, 1.82) is 5.41 Å². The zero-order chi connectivity index (χ0) is 13.4. The van der Waals surface area contributed by atoms with Gasteiger partial charge in [-0.05, 0) is 59.8 Å². The molecule has 0 fully saturated rings. The predicted molar refractivity (Wildman–Crippen MR) is 78.9 cm³/mol. The molecule has 2 aromatic rings. The Kier molecular flexibility index (Phi) is 3.14. The average molecular weight is 319 g/mol. The maximum Gasteiger partial charge on any atom is 0.122 e. The van der Waals surface area contributed by atoms with Crippen LogP contribution in [0.25, 0.3) is 5.69 Å².